The standard InChI is InChI=1S/C14H22N2O2/c1-6-7-18-12-8-11(9-15-10-12)13(17)14(2,3)16(4)5/h8-10H,6-7H2,1-5H3. The van der Waals surface area contributed by atoms with Crippen LogP contribution in [-0.4, -0.2) is 41.9 Å². The lowest BCUT2D eigenvalue weighted by Crippen LogP contribution is -2.45. The molecule has 18 heavy (non-hydrogen) atoms. The number of carbonyl (C=O) groups is 1. The maximum Gasteiger partial charge on any atom is 0.184 e. The zero-order chi connectivity index (χ0) is 13.8. The fraction of sp³-hybridized carbons (Fsp3) is 0.571. The number of rotatable bonds is 6. The van der Waals surface area contributed by atoms with E-state index in [1.54, 1.807) is 18.5 Å². The molecule has 0 aliphatic carbocycles. The highest BCUT2D eigenvalue weighted by molar-refractivity contribution is 6.02. The van der Waals surface area contributed by atoms with Gasteiger partial charge >= 0.3 is 0 Å². The number of Topliss-reactive ketones (excluding diaryl/α,β-unsaturated/α-hetero) is 1. The molecule has 0 fully saturated rings. The van der Waals surface area contributed by atoms with Crippen LogP contribution in [0.2, 0.25) is 0 Å². The predicted octanol–water partition coefficient (Wildman–Crippen LogP) is 2.39. The van der Waals surface area contributed by atoms with Crippen molar-refractivity contribution in [1.82, 2.24) is 9.88 Å². The van der Waals surface area contributed by atoms with Crippen molar-refractivity contribution >= 4 is 5.78 Å². The highest BCUT2D eigenvalue weighted by Crippen LogP contribution is 2.20. The van der Waals surface area contributed by atoms with E-state index in [2.05, 4.69) is 4.98 Å². The minimum absolute atomic E-state index is 0.0435. The number of hydrogen-bond donors (Lipinski definition) is 0. The van der Waals surface area contributed by atoms with Gasteiger partial charge in [-0.05, 0) is 40.4 Å². The third kappa shape index (κ3) is 3.29. The van der Waals surface area contributed by atoms with Crippen LogP contribution in [0.3, 0.4) is 0 Å². The first-order valence-corrected chi connectivity index (χ1v) is 6.19. The quantitative estimate of drug-likeness (QED) is 0.727. The lowest BCUT2D eigenvalue weighted by atomic mass is 9.93. The molecule has 1 heterocycles. The van der Waals surface area contributed by atoms with E-state index in [1.807, 2.05) is 39.8 Å². The second-order valence-electron chi connectivity index (χ2n) is 5.04. The Balaban J connectivity index is 2.93. The number of pyridine rings is 1. The van der Waals surface area contributed by atoms with Crippen LogP contribution in [0, 0.1) is 0 Å². The maximum absolute atomic E-state index is 12.4. The van der Waals surface area contributed by atoms with E-state index in [-0.39, 0.29) is 5.78 Å². The first-order valence-electron chi connectivity index (χ1n) is 6.19. The third-order valence-electron chi connectivity index (χ3n) is 3.12. The van der Waals surface area contributed by atoms with Gasteiger partial charge < -0.3 is 4.74 Å². The number of nitrogens with zero attached hydrogens (tertiary/aromatic N) is 2. The Bertz CT molecular complexity index is 414. The number of ketones is 1. The van der Waals surface area contributed by atoms with Gasteiger partial charge in [-0.25, -0.2) is 0 Å². The highest BCUT2D eigenvalue weighted by Gasteiger charge is 2.31. The molecule has 1 rings (SSSR count). The average Bonchev–Trinajstić information content (AvgIpc) is 2.35. The molecule has 0 atom stereocenters. The van der Waals surface area contributed by atoms with Crippen molar-refractivity contribution in [2.75, 3.05) is 20.7 Å². The number of aromatic nitrogens is 1. The minimum atomic E-state index is -0.551. The lowest BCUT2D eigenvalue weighted by molar-refractivity contribution is 0.0754. The van der Waals surface area contributed by atoms with Gasteiger partial charge in [-0.2, -0.15) is 0 Å². The fourth-order valence-electron chi connectivity index (χ4n) is 1.40. The van der Waals surface area contributed by atoms with Crippen LogP contribution in [0.1, 0.15) is 37.6 Å². The van der Waals surface area contributed by atoms with Crippen LogP contribution in [0.25, 0.3) is 0 Å². The van der Waals surface area contributed by atoms with Gasteiger partial charge in [0.2, 0.25) is 0 Å². The second kappa shape index (κ2) is 5.96. The van der Waals surface area contributed by atoms with Crippen LogP contribution >= 0.6 is 0 Å². The molecule has 0 aliphatic heterocycles. The summed E-state index contributed by atoms with van der Waals surface area (Å²) in [6.45, 7) is 6.47. The van der Waals surface area contributed by atoms with Crippen molar-refractivity contribution in [2.24, 2.45) is 0 Å². The number of likely N-dealkylation sites (N-methyl/N-ethyl adjacent to an activating group) is 1. The van der Waals surface area contributed by atoms with E-state index in [4.69, 9.17) is 4.74 Å². The van der Waals surface area contributed by atoms with Gasteiger partial charge in [0.15, 0.2) is 5.78 Å². The Morgan fingerprint density at radius 2 is 2.06 bits per heavy atom. The molecule has 0 aromatic carbocycles. The van der Waals surface area contributed by atoms with E-state index in [9.17, 15) is 4.79 Å². The molecular weight excluding hydrogens is 228 g/mol. The van der Waals surface area contributed by atoms with Crippen LogP contribution in [0.5, 0.6) is 5.75 Å². The zero-order valence-corrected chi connectivity index (χ0v) is 11.9. The van der Waals surface area contributed by atoms with Crippen molar-refractivity contribution in [3.8, 4) is 5.75 Å². The summed E-state index contributed by atoms with van der Waals surface area (Å²) in [7, 11) is 3.78. The van der Waals surface area contributed by atoms with Gasteiger partial charge in [-0.3, -0.25) is 14.7 Å². The Morgan fingerprint density at radius 3 is 2.61 bits per heavy atom. The molecule has 0 unspecified atom stereocenters. The number of carbonyl (C=O) groups excluding carboxylic acids is 1. The summed E-state index contributed by atoms with van der Waals surface area (Å²) in [6, 6.07) is 1.76. The van der Waals surface area contributed by atoms with E-state index in [0.29, 0.717) is 17.9 Å². The first kappa shape index (κ1) is 14.6. The molecule has 0 amide bonds. The summed E-state index contributed by atoms with van der Waals surface area (Å²) in [4.78, 5) is 18.4. The molecule has 4 nitrogen and oxygen atoms in total. The molecule has 0 N–H and O–H groups in total. The summed E-state index contributed by atoms with van der Waals surface area (Å²) in [5.74, 6) is 0.694. The molecule has 0 saturated heterocycles. The van der Waals surface area contributed by atoms with Crippen LogP contribution in [0.15, 0.2) is 18.5 Å². The molecule has 0 spiro atoms. The molecule has 4 heteroatoms. The lowest BCUT2D eigenvalue weighted by Gasteiger charge is -2.30. The Labute approximate surface area is 109 Å². The minimum Gasteiger partial charge on any atom is -0.492 e. The topological polar surface area (TPSA) is 42.4 Å². The smallest absolute Gasteiger partial charge is 0.184 e. The molecular formula is C14H22N2O2. The summed E-state index contributed by atoms with van der Waals surface area (Å²) in [5.41, 5.74) is 0.0349. The number of ether oxygens (including phenoxy) is 1. The van der Waals surface area contributed by atoms with Gasteiger partial charge in [0.05, 0.1) is 18.3 Å². The molecule has 1 aromatic heterocycles. The SMILES string of the molecule is CCCOc1cncc(C(=O)C(C)(C)N(C)C)c1. The predicted molar refractivity (Wildman–Crippen MR) is 72.1 cm³/mol. The maximum atomic E-state index is 12.4. The van der Waals surface area contributed by atoms with Crippen LogP contribution in [0.4, 0.5) is 0 Å². The third-order valence-corrected chi connectivity index (χ3v) is 3.12. The Kier molecular flexibility index (Phi) is 4.84. The van der Waals surface area contributed by atoms with Crippen molar-refractivity contribution < 1.29 is 9.53 Å². The summed E-state index contributed by atoms with van der Waals surface area (Å²) >= 11 is 0. The first-order chi connectivity index (χ1) is 8.39. The van der Waals surface area contributed by atoms with Gasteiger partial charge in [0.25, 0.3) is 0 Å². The van der Waals surface area contributed by atoms with E-state index < -0.39 is 5.54 Å². The van der Waals surface area contributed by atoms with Crippen molar-refractivity contribution in [2.45, 2.75) is 32.7 Å². The van der Waals surface area contributed by atoms with Gasteiger partial charge in [-0.1, -0.05) is 6.92 Å². The number of hydrogen-bond acceptors (Lipinski definition) is 4. The second-order valence-corrected chi connectivity index (χ2v) is 5.04. The van der Waals surface area contributed by atoms with Crippen LogP contribution in [-0.2, 0) is 0 Å². The van der Waals surface area contributed by atoms with Crippen LogP contribution < -0.4 is 4.74 Å². The Morgan fingerprint density at radius 1 is 1.39 bits per heavy atom. The molecule has 1 aromatic rings. The summed E-state index contributed by atoms with van der Waals surface area (Å²) in [6.07, 6.45) is 4.16. The van der Waals surface area contributed by atoms with Gasteiger partial charge in [0, 0.05) is 11.8 Å². The fourth-order valence-corrected chi connectivity index (χ4v) is 1.40. The van der Waals surface area contributed by atoms with E-state index in [0.717, 1.165) is 6.42 Å². The summed E-state index contributed by atoms with van der Waals surface area (Å²) < 4.78 is 5.49. The normalized spacial score (nSPS) is 11.7. The molecule has 100 valence electrons. The van der Waals surface area contributed by atoms with Crippen molar-refractivity contribution in [3.63, 3.8) is 0 Å². The highest BCUT2D eigenvalue weighted by atomic mass is 16.5. The zero-order valence-electron chi connectivity index (χ0n) is 11.9. The molecule has 0 saturated carbocycles. The largest absolute Gasteiger partial charge is 0.492 e. The average molecular weight is 250 g/mol. The Hall–Kier alpha value is -1.42. The molecule has 0 aliphatic rings. The summed E-state index contributed by atoms with van der Waals surface area (Å²) in [5, 5.41) is 0. The molecule has 0 radical (unpaired) electrons. The van der Waals surface area contributed by atoms with Crippen molar-refractivity contribution in [3.05, 3.63) is 24.0 Å². The van der Waals surface area contributed by atoms with Gasteiger partial charge in [-0.15, -0.1) is 0 Å². The van der Waals surface area contributed by atoms with Gasteiger partial charge in [0.1, 0.15) is 5.75 Å². The van der Waals surface area contributed by atoms with E-state index in [1.165, 1.54) is 0 Å². The van der Waals surface area contributed by atoms with E-state index >= 15 is 0 Å². The monoisotopic (exact) mass is 250 g/mol. The van der Waals surface area contributed by atoms with Crippen molar-refractivity contribution in [1.29, 1.82) is 0 Å². The molecule has 0 bridgehead atoms.